The second-order valence-corrected chi connectivity index (χ2v) is 7.57. The fourth-order valence-electron chi connectivity index (χ4n) is 3.15. The Morgan fingerprint density at radius 2 is 1.48 bits per heavy atom. The maximum absolute atomic E-state index is 12.5. The average molecular weight is 389 g/mol. The van der Waals surface area contributed by atoms with Crippen LogP contribution in [0.1, 0.15) is 50.7 Å². The summed E-state index contributed by atoms with van der Waals surface area (Å²) in [5.74, 6) is 1.50. The van der Waals surface area contributed by atoms with Gasteiger partial charge in [0.15, 0.2) is 18.2 Å². The van der Waals surface area contributed by atoms with Crippen LogP contribution in [0, 0.1) is 0 Å². The van der Waals surface area contributed by atoms with E-state index in [9.17, 15) is 4.79 Å². The average Bonchev–Trinajstić information content (AvgIpc) is 2.73. The van der Waals surface area contributed by atoms with Gasteiger partial charge >= 0.3 is 0 Å². The predicted molar refractivity (Wildman–Crippen MR) is 116 cm³/mol. The van der Waals surface area contributed by atoms with Crippen LogP contribution in [-0.4, -0.2) is 22.5 Å². The number of carbonyl (C=O) groups is 1. The summed E-state index contributed by atoms with van der Waals surface area (Å²) < 4.78 is 5.59. The van der Waals surface area contributed by atoms with E-state index in [1.54, 1.807) is 12.4 Å². The van der Waals surface area contributed by atoms with Crippen molar-refractivity contribution in [3.8, 4) is 17.1 Å². The van der Waals surface area contributed by atoms with Crippen molar-refractivity contribution in [3.05, 3.63) is 72.1 Å². The number of anilines is 1. The molecule has 0 unspecified atom stereocenters. The number of benzene rings is 2. The highest BCUT2D eigenvalue weighted by Gasteiger charge is 2.16. The number of hydrogen-bond donors (Lipinski definition) is 1. The molecule has 1 heterocycles. The molecule has 3 rings (SSSR count). The Balaban J connectivity index is 1.66. The standard InChI is InChI=1S/C24H27N3O2/c1-16(2)20-11-8-12-21(17(3)4)23(20)27-22(28)15-29-19-13-25-24(26-14-19)18-9-6-5-7-10-18/h5-14,16-17H,15H2,1-4H3,(H,27,28). The quantitative estimate of drug-likeness (QED) is 0.587. The van der Waals surface area contributed by atoms with Gasteiger partial charge in [-0.15, -0.1) is 0 Å². The topological polar surface area (TPSA) is 64.1 Å². The molecule has 3 aromatic rings. The lowest BCUT2D eigenvalue weighted by Crippen LogP contribution is -2.22. The minimum absolute atomic E-state index is 0.0992. The summed E-state index contributed by atoms with van der Waals surface area (Å²) in [6.45, 7) is 8.39. The van der Waals surface area contributed by atoms with E-state index >= 15 is 0 Å². The number of amides is 1. The van der Waals surface area contributed by atoms with E-state index in [4.69, 9.17) is 4.74 Å². The third kappa shape index (κ3) is 5.19. The van der Waals surface area contributed by atoms with Gasteiger partial charge in [-0.25, -0.2) is 9.97 Å². The first-order valence-corrected chi connectivity index (χ1v) is 9.88. The van der Waals surface area contributed by atoms with E-state index in [1.165, 1.54) is 0 Å². The fraction of sp³-hybridized carbons (Fsp3) is 0.292. The fourth-order valence-corrected chi connectivity index (χ4v) is 3.15. The normalized spacial score (nSPS) is 11.0. The van der Waals surface area contributed by atoms with Crippen LogP contribution in [0.15, 0.2) is 60.9 Å². The number of nitrogens with one attached hydrogen (secondary N) is 1. The molecular formula is C24H27N3O2. The largest absolute Gasteiger partial charge is 0.481 e. The lowest BCUT2D eigenvalue weighted by Gasteiger charge is -2.20. The van der Waals surface area contributed by atoms with E-state index in [-0.39, 0.29) is 12.5 Å². The molecule has 0 fully saturated rings. The first-order chi connectivity index (χ1) is 14.0. The smallest absolute Gasteiger partial charge is 0.262 e. The number of rotatable bonds is 7. The van der Waals surface area contributed by atoms with E-state index in [2.05, 4.69) is 55.1 Å². The van der Waals surface area contributed by atoms with Crippen LogP contribution in [0.25, 0.3) is 11.4 Å². The highest BCUT2D eigenvalue weighted by molar-refractivity contribution is 5.93. The molecule has 0 aliphatic rings. The maximum Gasteiger partial charge on any atom is 0.262 e. The number of ether oxygens (including phenoxy) is 1. The van der Waals surface area contributed by atoms with Crippen LogP contribution in [0.4, 0.5) is 5.69 Å². The van der Waals surface area contributed by atoms with Crippen LogP contribution >= 0.6 is 0 Å². The van der Waals surface area contributed by atoms with Gasteiger partial charge in [-0.3, -0.25) is 4.79 Å². The van der Waals surface area contributed by atoms with Crippen LogP contribution < -0.4 is 10.1 Å². The summed E-state index contributed by atoms with van der Waals surface area (Å²) in [5, 5.41) is 3.04. The molecule has 0 radical (unpaired) electrons. The van der Waals surface area contributed by atoms with Crippen LogP contribution in [-0.2, 0) is 4.79 Å². The first kappa shape index (κ1) is 20.5. The van der Waals surface area contributed by atoms with Crippen LogP contribution in [0.5, 0.6) is 5.75 Å². The predicted octanol–water partition coefficient (Wildman–Crippen LogP) is 5.41. The molecule has 150 valence electrons. The van der Waals surface area contributed by atoms with Gasteiger partial charge < -0.3 is 10.1 Å². The van der Waals surface area contributed by atoms with Crippen molar-refractivity contribution in [3.63, 3.8) is 0 Å². The van der Waals surface area contributed by atoms with Gasteiger partial charge in [0.05, 0.1) is 12.4 Å². The van der Waals surface area contributed by atoms with Gasteiger partial charge in [0.1, 0.15) is 0 Å². The summed E-state index contributed by atoms with van der Waals surface area (Å²) in [4.78, 5) is 21.2. The van der Waals surface area contributed by atoms with Gasteiger partial charge in [0, 0.05) is 11.3 Å². The number of carbonyl (C=O) groups excluding carboxylic acids is 1. The maximum atomic E-state index is 12.5. The molecule has 1 amide bonds. The van der Waals surface area contributed by atoms with Gasteiger partial charge in [0.2, 0.25) is 0 Å². The molecular weight excluding hydrogens is 362 g/mol. The summed E-state index contributed by atoms with van der Waals surface area (Å²) in [6, 6.07) is 15.9. The monoisotopic (exact) mass is 389 g/mol. The Hall–Kier alpha value is -3.21. The molecule has 0 aliphatic heterocycles. The summed E-state index contributed by atoms with van der Waals surface area (Å²) in [5.41, 5.74) is 4.07. The van der Waals surface area contributed by atoms with Crippen LogP contribution in [0.2, 0.25) is 0 Å². The number of para-hydroxylation sites is 1. The molecule has 0 atom stereocenters. The molecule has 0 aliphatic carbocycles. The summed E-state index contributed by atoms with van der Waals surface area (Å²) in [7, 11) is 0. The minimum atomic E-state index is -0.202. The molecule has 5 heteroatoms. The number of hydrogen-bond acceptors (Lipinski definition) is 4. The second kappa shape index (κ2) is 9.32. The molecule has 5 nitrogen and oxygen atoms in total. The minimum Gasteiger partial charge on any atom is -0.481 e. The van der Waals surface area contributed by atoms with Crippen molar-refractivity contribution in [2.45, 2.75) is 39.5 Å². The molecule has 0 saturated carbocycles. The Morgan fingerprint density at radius 3 is 2.03 bits per heavy atom. The van der Waals surface area contributed by atoms with Gasteiger partial charge in [-0.05, 0) is 23.0 Å². The highest BCUT2D eigenvalue weighted by atomic mass is 16.5. The zero-order chi connectivity index (χ0) is 20.8. The summed E-state index contributed by atoms with van der Waals surface area (Å²) in [6.07, 6.45) is 3.18. The van der Waals surface area contributed by atoms with Gasteiger partial charge in [-0.1, -0.05) is 76.2 Å². The molecule has 0 spiro atoms. The Morgan fingerprint density at radius 1 is 0.897 bits per heavy atom. The molecule has 1 N–H and O–H groups in total. The molecule has 2 aromatic carbocycles. The second-order valence-electron chi connectivity index (χ2n) is 7.57. The Bertz CT molecular complexity index is 925. The zero-order valence-corrected chi connectivity index (χ0v) is 17.3. The highest BCUT2D eigenvalue weighted by Crippen LogP contribution is 2.32. The molecule has 1 aromatic heterocycles. The molecule has 0 saturated heterocycles. The lowest BCUT2D eigenvalue weighted by atomic mass is 9.92. The SMILES string of the molecule is CC(C)c1cccc(C(C)C)c1NC(=O)COc1cnc(-c2ccccc2)nc1. The third-order valence-electron chi connectivity index (χ3n) is 4.67. The Labute approximate surface area is 172 Å². The lowest BCUT2D eigenvalue weighted by molar-refractivity contribution is -0.118. The van der Waals surface area contributed by atoms with Gasteiger partial charge in [0.25, 0.3) is 5.91 Å². The third-order valence-corrected chi connectivity index (χ3v) is 4.67. The van der Waals surface area contributed by atoms with E-state index < -0.39 is 0 Å². The number of nitrogens with zero attached hydrogens (tertiary/aromatic N) is 2. The van der Waals surface area contributed by atoms with Gasteiger partial charge in [-0.2, -0.15) is 0 Å². The van der Waals surface area contributed by atoms with Crippen molar-refractivity contribution in [1.82, 2.24) is 9.97 Å². The molecule has 0 bridgehead atoms. The van der Waals surface area contributed by atoms with Crippen molar-refractivity contribution >= 4 is 11.6 Å². The van der Waals surface area contributed by atoms with E-state index in [0.717, 1.165) is 22.4 Å². The van der Waals surface area contributed by atoms with Crippen molar-refractivity contribution in [1.29, 1.82) is 0 Å². The number of aromatic nitrogens is 2. The molecule has 29 heavy (non-hydrogen) atoms. The van der Waals surface area contributed by atoms with E-state index in [1.807, 2.05) is 36.4 Å². The Kier molecular flexibility index (Phi) is 6.60. The zero-order valence-electron chi connectivity index (χ0n) is 17.3. The van der Waals surface area contributed by atoms with Crippen molar-refractivity contribution in [2.75, 3.05) is 11.9 Å². The van der Waals surface area contributed by atoms with E-state index in [0.29, 0.717) is 23.4 Å². The van der Waals surface area contributed by atoms with Crippen molar-refractivity contribution in [2.24, 2.45) is 0 Å². The summed E-state index contributed by atoms with van der Waals surface area (Å²) >= 11 is 0. The van der Waals surface area contributed by atoms with Crippen LogP contribution in [0.3, 0.4) is 0 Å². The van der Waals surface area contributed by atoms with Crippen molar-refractivity contribution < 1.29 is 9.53 Å². The first-order valence-electron chi connectivity index (χ1n) is 9.88.